The number of carbonyl (C=O) groups is 2. The van der Waals surface area contributed by atoms with Crippen molar-refractivity contribution in [2.75, 3.05) is 33.9 Å². The van der Waals surface area contributed by atoms with Crippen LogP contribution in [-0.4, -0.2) is 66.5 Å². The summed E-state index contributed by atoms with van der Waals surface area (Å²) < 4.78 is 10.3. The second kappa shape index (κ2) is 7.51. The topological polar surface area (TPSA) is 72.0 Å². The van der Waals surface area contributed by atoms with Crippen LogP contribution in [0.15, 0.2) is 12.1 Å². The van der Waals surface area contributed by atoms with Crippen molar-refractivity contribution in [2.24, 2.45) is 5.92 Å². The molecule has 0 aromatic carbocycles. The molecule has 0 N–H and O–H groups in total. The van der Waals surface area contributed by atoms with Crippen LogP contribution >= 0.6 is 0 Å². The fourth-order valence-corrected chi connectivity index (χ4v) is 2.84. The maximum absolute atomic E-state index is 12.9. The summed E-state index contributed by atoms with van der Waals surface area (Å²) in [6, 6.07) is 2.72. The minimum atomic E-state index is -0.503. The molecule has 7 heteroatoms. The van der Waals surface area contributed by atoms with Crippen LogP contribution in [0.4, 0.5) is 0 Å². The number of nitrogens with zero attached hydrogens (tertiary/aromatic N) is 3. The Morgan fingerprint density at radius 1 is 1.29 bits per heavy atom. The minimum Gasteiger partial charge on any atom is -0.481 e. The van der Waals surface area contributed by atoms with Gasteiger partial charge in [-0.1, -0.05) is 13.8 Å². The van der Waals surface area contributed by atoms with Crippen LogP contribution in [0.3, 0.4) is 0 Å². The van der Waals surface area contributed by atoms with Gasteiger partial charge in [-0.15, -0.1) is 0 Å². The van der Waals surface area contributed by atoms with Gasteiger partial charge in [0, 0.05) is 25.7 Å². The van der Waals surface area contributed by atoms with Crippen LogP contribution < -0.4 is 9.47 Å². The van der Waals surface area contributed by atoms with Gasteiger partial charge in [0.2, 0.25) is 17.7 Å². The first-order valence-corrected chi connectivity index (χ1v) is 8.07. The lowest BCUT2D eigenvalue weighted by Gasteiger charge is -2.39. The zero-order chi connectivity index (χ0) is 17.9. The van der Waals surface area contributed by atoms with Crippen molar-refractivity contribution in [1.82, 2.24) is 14.8 Å². The Bertz CT molecular complexity index is 618. The monoisotopic (exact) mass is 335 g/mol. The first-order valence-electron chi connectivity index (χ1n) is 8.07. The molecular formula is C17H25N3O4. The van der Waals surface area contributed by atoms with E-state index in [4.69, 9.17) is 9.47 Å². The van der Waals surface area contributed by atoms with E-state index in [2.05, 4.69) is 18.8 Å². The first kappa shape index (κ1) is 18.0. The molecule has 132 valence electrons. The molecule has 1 atom stereocenters. The van der Waals surface area contributed by atoms with Gasteiger partial charge < -0.3 is 19.3 Å². The van der Waals surface area contributed by atoms with Gasteiger partial charge in [0.25, 0.3) is 5.91 Å². The molecule has 1 aliphatic heterocycles. The molecule has 2 heterocycles. The quantitative estimate of drug-likeness (QED) is 0.814. The summed E-state index contributed by atoms with van der Waals surface area (Å²) in [6.07, 6.45) is 0. The van der Waals surface area contributed by atoms with E-state index in [1.165, 1.54) is 14.2 Å². The zero-order valence-electron chi connectivity index (χ0n) is 14.9. The van der Waals surface area contributed by atoms with Crippen molar-refractivity contribution in [3.05, 3.63) is 17.7 Å². The molecule has 24 heavy (non-hydrogen) atoms. The van der Waals surface area contributed by atoms with Crippen LogP contribution in [0.25, 0.3) is 0 Å². The molecule has 0 saturated carbocycles. The molecule has 0 aliphatic carbocycles. The third-order valence-electron chi connectivity index (χ3n) is 4.06. The first-order chi connectivity index (χ1) is 11.4. The summed E-state index contributed by atoms with van der Waals surface area (Å²) >= 11 is 0. The number of hydrogen-bond acceptors (Lipinski definition) is 5. The number of amides is 2. The molecule has 1 aromatic rings. The third-order valence-corrected chi connectivity index (χ3v) is 4.06. The number of pyridine rings is 1. The summed E-state index contributed by atoms with van der Waals surface area (Å²) in [6.45, 7) is 7.65. The lowest BCUT2D eigenvalue weighted by atomic mass is 10.1. The Hall–Kier alpha value is -2.31. The van der Waals surface area contributed by atoms with Gasteiger partial charge in [-0.3, -0.25) is 9.59 Å². The predicted molar refractivity (Wildman–Crippen MR) is 89.3 cm³/mol. The number of rotatable bonds is 5. The molecule has 2 amide bonds. The number of aromatic nitrogens is 1. The van der Waals surface area contributed by atoms with Crippen molar-refractivity contribution in [3.63, 3.8) is 0 Å². The Morgan fingerprint density at radius 3 is 2.58 bits per heavy atom. The molecule has 0 unspecified atom stereocenters. The van der Waals surface area contributed by atoms with Gasteiger partial charge in [0.1, 0.15) is 11.6 Å². The molecule has 0 spiro atoms. The highest BCUT2D eigenvalue weighted by Gasteiger charge is 2.35. The van der Waals surface area contributed by atoms with Crippen molar-refractivity contribution >= 4 is 11.8 Å². The SMILES string of the molecule is COc1ccc(C(=O)N2CCN(CC(C)C)C(=O)[C@H]2C)c(OC)n1. The van der Waals surface area contributed by atoms with Gasteiger partial charge in [-0.05, 0) is 18.9 Å². The van der Waals surface area contributed by atoms with Crippen molar-refractivity contribution in [3.8, 4) is 11.8 Å². The summed E-state index contributed by atoms with van der Waals surface area (Å²) in [4.78, 5) is 32.9. The Labute approximate surface area is 142 Å². The molecule has 0 bridgehead atoms. The average Bonchev–Trinajstić information content (AvgIpc) is 2.57. The maximum Gasteiger partial charge on any atom is 0.260 e. The van der Waals surface area contributed by atoms with E-state index in [1.807, 2.05) is 4.90 Å². The van der Waals surface area contributed by atoms with Gasteiger partial charge >= 0.3 is 0 Å². The molecule has 0 radical (unpaired) electrons. The fraction of sp³-hybridized carbons (Fsp3) is 0.588. The Balaban J connectivity index is 2.20. The third kappa shape index (κ3) is 3.60. The Morgan fingerprint density at radius 2 is 2.00 bits per heavy atom. The highest BCUT2D eigenvalue weighted by molar-refractivity contribution is 5.99. The summed E-state index contributed by atoms with van der Waals surface area (Å²) in [5, 5.41) is 0. The molecule has 1 saturated heterocycles. The van der Waals surface area contributed by atoms with Gasteiger partial charge in [0.15, 0.2) is 0 Å². The average molecular weight is 335 g/mol. The number of carbonyl (C=O) groups excluding carboxylic acids is 2. The number of hydrogen-bond donors (Lipinski definition) is 0. The van der Waals surface area contributed by atoms with E-state index in [-0.39, 0.29) is 17.7 Å². The van der Waals surface area contributed by atoms with E-state index < -0.39 is 6.04 Å². The Kier molecular flexibility index (Phi) is 5.64. The van der Waals surface area contributed by atoms with Crippen LogP contribution in [0, 0.1) is 5.92 Å². The number of ether oxygens (including phenoxy) is 2. The van der Waals surface area contributed by atoms with Crippen molar-refractivity contribution in [2.45, 2.75) is 26.8 Å². The van der Waals surface area contributed by atoms with Crippen LogP contribution in [0.1, 0.15) is 31.1 Å². The lowest BCUT2D eigenvalue weighted by Crippen LogP contribution is -2.58. The fourth-order valence-electron chi connectivity index (χ4n) is 2.84. The second-order valence-electron chi connectivity index (χ2n) is 6.26. The van der Waals surface area contributed by atoms with Gasteiger partial charge in [0.05, 0.1) is 14.2 Å². The van der Waals surface area contributed by atoms with E-state index in [9.17, 15) is 9.59 Å². The van der Waals surface area contributed by atoms with Gasteiger partial charge in [-0.25, -0.2) is 0 Å². The summed E-state index contributed by atoms with van der Waals surface area (Å²) in [5.41, 5.74) is 0.329. The molecule has 2 rings (SSSR count). The standard InChI is InChI=1S/C17H25N3O4/c1-11(2)10-19-8-9-20(12(3)16(19)21)17(22)13-6-7-14(23-4)18-15(13)24-5/h6-7,11-12H,8-10H2,1-5H3/t12-/m1/s1. The summed E-state index contributed by atoms with van der Waals surface area (Å²) in [7, 11) is 2.95. The number of methoxy groups -OCH3 is 2. The second-order valence-corrected chi connectivity index (χ2v) is 6.26. The summed E-state index contributed by atoms with van der Waals surface area (Å²) in [5.74, 6) is 0.683. The molecular weight excluding hydrogens is 310 g/mol. The van der Waals surface area contributed by atoms with E-state index in [1.54, 1.807) is 24.0 Å². The van der Waals surface area contributed by atoms with Crippen molar-refractivity contribution in [1.29, 1.82) is 0 Å². The molecule has 1 fully saturated rings. The molecule has 1 aromatic heterocycles. The predicted octanol–water partition coefficient (Wildman–Crippen LogP) is 1.43. The minimum absolute atomic E-state index is 0.0243. The number of piperazine rings is 1. The smallest absolute Gasteiger partial charge is 0.260 e. The maximum atomic E-state index is 12.9. The zero-order valence-corrected chi connectivity index (χ0v) is 14.9. The highest BCUT2D eigenvalue weighted by atomic mass is 16.5. The normalized spacial score (nSPS) is 18.1. The van der Waals surface area contributed by atoms with Crippen molar-refractivity contribution < 1.29 is 19.1 Å². The van der Waals surface area contributed by atoms with Crippen LogP contribution in [0.5, 0.6) is 11.8 Å². The van der Waals surface area contributed by atoms with Crippen LogP contribution in [-0.2, 0) is 4.79 Å². The molecule has 1 aliphatic rings. The van der Waals surface area contributed by atoms with Gasteiger partial charge in [-0.2, -0.15) is 4.98 Å². The van der Waals surface area contributed by atoms with Crippen LogP contribution in [0.2, 0.25) is 0 Å². The highest BCUT2D eigenvalue weighted by Crippen LogP contribution is 2.24. The lowest BCUT2D eigenvalue weighted by molar-refractivity contribution is -0.140. The van der Waals surface area contributed by atoms with E-state index >= 15 is 0 Å². The molecule has 7 nitrogen and oxygen atoms in total. The van der Waals surface area contributed by atoms with E-state index in [0.717, 1.165) is 0 Å². The largest absolute Gasteiger partial charge is 0.481 e. The van der Waals surface area contributed by atoms with E-state index in [0.29, 0.717) is 37.0 Å².